The van der Waals surface area contributed by atoms with Crippen molar-refractivity contribution in [1.29, 1.82) is 5.26 Å². The molecule has 10 amide bonds. The standard InChI is InChI=1S/C34H68N6O5.C16H34N4O3.C8H12N2O2.C6H16N2O.CH3I.H2/c1-32(2,3)21-15-10-11-17-23-36-29(42)39-27(20-14-19-24-37-30(43)40-34(7,8)9)26-45-31(44)38-25-18-13-12-16-22-35-28(41)33(4,5)6;1-3-4-5-6-8-11-19-16(23)20-14(13-21)10-7-9-12-18-15(22)17-2;9-7-12-6-4-2-1-3-5-10-8-11;7-4-2-1-3-6(8)5-9;1-2;/h27H,10-26H2,1-9H3,(H,35,41)(H,38,44)(H2,36,39,42)(H2,37,40,43);14,21H,3-13H2,1-2H3,(H2,17,18,22)(H2,19,20,23);1-6H2;6,9H,1-5,7-8H2;1H3;1H. The molecule has 0 bridgehead atoms. The van der Waals surface area contributed by atoms with Crippen LogP contribution in [0.15, 0.2) is 4.99 Å². The molecular weight excluding hydrogens is 1280 g/mol. The van der Waals surface area contributed by atoms with Crippen molar-refractivity contribution < 1.29 is 54.7 Å². The van der Waals surface area contributed by atoms with Gasteiger partial charge in [-0.2, -0.15) is 5.26 Å². The van der Waals surface area contributed by atoms with E-state index < -0.39 is 6.09 Å². The first kappa shape index (κ1) is 94.8. The van der Waals surface area contributed by atoms with Crippen LogP contribution in [0.25, 0.3) is 0 Å². The number of hydrogen-bond acceptors (Lipinski definition) is 15. The van der Waals surface area contributed by atoms with Crippen molar-refractivity contribution in [2.45, 2.75) is 266 Å². The van der Waals surface area contributed by atoms with Gasteiger partial charge in [0.2, 0.25) is 12.0 Å². The molecule has 25 nitrogen and oxygen atoms in total. The minimum absolute atomic E-state index is 0. The molecule has 16 N–H and O–H groups in total. The third-order valence-electron chi connectivity index (χ3n) is 13.3. The molecule has 0 saturated carbocycles. The Bertz CT molecular complexity index is 1840. The van der Waals surface area contributed by atoms with Crippen LogP contribution in [0, 0.1) is 22.3 Å². The maximum atomic E-state index is 12.6. The highest BCUT2D eigenvalue weighted by atomic mass is 127. The number of carbonyl (C=O) groups excluding carboxylic acids is 7. The molecule has 0 spiro atoms. The van der Waals surface area contributed by atoms with Gasteiger partial charge in [-0.05, 0) is 140 Å². The molecule has 0 radical (unpaired) electrons. The molecule has 0 heterocycles. The monoisotopic (exact) mass is 1410 g/mol. The largest absolute Gasteiger partial charge is 0.447 e. The van der Waals surface area contributed by atoms with Gasteiger partial charge in [-0.1, -0.05) is 142 Å². The summed E-state index contributed by atoms with van der Waals surface area (Å²) in [6, 6.07) is -1.51. The summed E-state index contributed by atoms with van der Waals surface area (Å²) in [4.78, 5) is 86.4. The molecule has 26 heteroatoms. The lowest BCUT2D eigenvalue weighted by atomic mass is 9.89. The minimum atomic E-state index is -0.504. The normalized spacial score (nSPS) is 11.6. The summed E-state index contributed by atoms with van der Waals surface area (Å²) in [7, 11) is 1.57. The molecule has 538 valence electrons. The Morgan fingerprint density at radius 1 is 0.571 bits per heavy atom. The number of carbonyl (C=O) groups is 6. The Labute approximate surface area is 565 Å². The second kappa shape index (κ2) is 67.9. The first-order valence-corrected chi connectivity index (χ1v) is 35.8. The van der Waals surface area contributed by atoms with Crippen molar-refractivity contribution in [3.63, 3.8) is 0 Å². The number of aliphatic hydroxyl groups excluding tert-OH is 2. The van der Waals surface area contributed by atoms with Crippen molar-refractivity contribution >= 4 is 64.8 Å². The second-order valence-corrected chi connectivity index (χ2v) is 25.6. The first-order chi connectivity index (χ1) is 43.2. The average molecular weight is 1420 g/mol. The number of rotatable bonds is 46. The predicted octanol–water partition coefficient (Wildman–Crippen LogP) is 10.2. The van der Waals surface area contributed by atoms with Crippen LogP contribution in [-0.4, -0.2) is 167 Å². The first-order valence-electron chi connectivity index (χ1n) is 33.6. The van der Waals surface area contributed by atoms with Gasteiger partial charge in [-0.15, -0.1) is 0 Å². The summed E-state index contributed by atoms with van der Waals surface area (Å²) in [5, 5.41) is 53.9. The smallest absolute Gasteiger partial charge is 0.407 e. The minimum Gasteiger partial charge on any atom is -0.447 e. The van der Waals surface area contributed by atoms with Crippen LogP contribution < -0.4 is 64.6 Å². The van der Waals surface area contributed by atoms with Crippen molar-refractivity contribution in [2.24, 2.45) is 27.3 Å². The molecule has 0 aromatic rings. The zero-order valence-corrected chi connectivity index (χ0v) is 61.0. The van der Waals surface area contributed by atoms with Gasteiger partial charge < -0.3 is 84.3 Å². The zero-order chi connectivity index (χ0) is 69.9. The highest BCUT2D eigenvalue weighted by molar-refractivity contribution is 14.1. The molecule has 0 fully saturated rings. The van der Waals surface area contributed by atoms with Gasteiger partial charge in [0, 0.05) is 64.7 Å². The highest BCUT2D eigenvalue weighted by Crippen LogP contribution is 2.22. The summed E-state index contributed by atoms with van der Waals surface area (Å²) in [6.45, 7) is 25.8. The molecule has 91 heavy (non-hydrogen) atoms. The molecule has 3 unspecified atom stereocenters. The Balaban J connectivity index is -0.000000323. The number of aliphatic hydroxyl groups is 2. The van der Waals surface area contributed by atoms with Crippen LogP contribution in [0.2, 0.25) is 0 Å². The van der Waals surface area contributed by atoms with E-state index in [0.29, 0.717) is 70.7 Å². The van der Waals surface area contributed by atoms with E-state index in [4.69, 9.17) is 26.6 Å². The van der Waals surface area contributed by atoms with Crippen molar-refractivity contribution in [1.82, 2.24) is 53.2 Å². The van der Waals surface area contributed by atoms with E-state index in [1.807, 2.05) is 46.5 Å². The van der Waals surface area contributed by atoms with E-state index in [1.54, 1.807) is 13.3 Å². The van der Waals surface area contributed by atoms with E-state index >= 15 is 0 Å². The van der Waals surface area contributed by atoms with Gasteiger partial charge in [0.1, 0.15) is 13.2 Å². The third-order valence-corrected chi connectivity index (χ3v) is 13.3. The van der Waals surface area contributed by atoms with Gasteiger partial charge in [0.25, 0.3) is 6.26 Å². The Kier molecular flexibility index (Phi) is 70.7. The second-order valence-electron chi connectivity index (χ2n) is 25.6. The lowest BCUT2D eigenvalue weighted by Crippen LogP contribution is -2.46. The van der Waals surface area contributed by atoms with Gasteiger partial charge in [0.05, 0.1) is 31.8 Å². The van der Waals surface area contributed by atoms with E-state index in [0.717, 1.165) is 135 Å². The number of aliphatic imine (C=N–C) groups is 1. The zero-order valence-electron chi connectivity index (χ0n) is 58.8. The highest BCUT2D eigenvalue weighted by Gasteiger charge is 2.21. The van der Waals surface area contributed by atoms with Crippen LogP contribution in [0.3, 0.4) is 0 Å². The molecule has 0 aromatic heterocycles. The molecule has 0 aliphatic heterocycles. The molecule has 0 aliphatic carbocycles. The number of ether oxygens (including phenoxy) is 2. The third kappa shape index (κ3) is 81.1. The summed E-state index contributed by atoms with van der Waals surface area (Å²) in [6.07, 6.45) is 28.7. The molecule has 0 rings (SSSR count). The number of alkyl halides is 1. The number of urea groups is 4. The number of nitrogens with two attached hydrogens (primary N) is 2. The number of nitrogens with one attached hydrogen (secondary N) is 10. The number of nitriles is 1. The topological polar surface area (TPSA) is 387 Å². The fourth-order valence-corrected chi connectivity index (χ4v) is 7.99. The number of hydrogen-bond donors (Lipinski definition) is 14. The number of halogens is 1. The van der Waals surface area contributed by atoms with E-state index in [9.17, 15) is 38.7 Å². The van der Waals surface area contributed by atoms with Gasteiger partial charge >= 0.3 is 30.2 Å². The SMILES string of the molecule is CC(C)(C)CCCCCCNC(=O)NC(CCCCNC(=O)NC(C)(C)C)COC(=O)NCCCCCCNC(=O)C(C)(C)C.CCCCCCCNC(=O)NC(CO)CCCCNC(=O)NC.CI.N#COCCCCCCN=C=O.NCCCCC(N)CO.[HH]. The van der Waals surface area contributed by atoms with Crippen LogP contribution in [-0.2, 0) is 19.1 Å². The van der Waals surface area contributed by atoms with Crippen molar-refractivity contribution in [3.05, 3.63) is 0 Å². The Morgan fingerprint density at radius 3 is 1.49 bits per heavy atom. The van der Waals surface area contributed by atoms with Gasteiger partial charge in [0.15, 0.2) is 0 Å². The van der Waals surface area contributed by atoms with E-state index in [-0.39, 0.29) is 80.4 Å². The molecule has 0 saturated heterocycles. The number of nitrogens with zero attached hydrogens (tertiary/aromatic N) is 2. The molecule has 0 aliphatic rings. The van der Waals surface area contributed by atoms with Crippen LogP contribution >= 0.6 is 22.6 Å². The maximum Gasteiger partial charge on any atom is 0.407 e. The van der Waals surface area contributed by atoms with Gasteiger partial charge in [-0.3, -0.25) is 4.79 Å². The van der Waals surface area contributed by atoms with Crippen LogP contribution in [0.1, 0.15) is 244 Å². The Hall–Kier alpha value is -4.94. The summed E-state index contributed by atoms with van der Waals surface area (Å²) in [5.74, 6) is 0.0550. The summed E-state index contributed by atoms with van der Waals surface area (Å²) in [5.41, 5.74) is 10.3. The van der Waals surface area contributed by atoms with Gasteiger partial charge in [-0.25, -0.2) is 33.8 Å². The van der Waals surface area contributed by atoms with Crippen molar-refractivity contribution in [3.8, 4) is 6.26 Å². The Morgan fingerprint density at radius 2 is 1.02 bits per heavy atom. The number of alkyl carbamates (subject to hydrolysis) is 1. The fourth-order valence-electron chi connectivity index (χ4n) is 7.99. The van der Waals surface area contributed by atoms with Crippen molar-refractivity contribution in [2.75, 3.05) is 90.8 Å². The molecular formula is C65H135IN14O11. The predicted molar refractivity (Wildman–Crippen MR) is 379 cm³/mol. The van der Waals surface area contributed by atoms with Crippen LogP contribution in [0.5, 0.6) is 0 Å². The lowest BCUT2D eigenvalue weighted by Gasteiger charge is -2.21. The fraction of sp³-hybridized carbons (Fsp3) is 0.877. The maximum absolute atomic E-state index is 12.6. The molecule has 0 aromatic carbocycles. The van der Waals surface area contributed by atoms with Crippen LogP contribution in [0.4, 0.5) is 24.0 Å². The van der Waals surface area contributed by atoms with E-state index in [2.05, 4.69) is 113 Å². The van der Waals surface area contributed by atoms with E-state index in [1.165, 1.54) is 38.2 Å². The summed E-state index contributed by atoms with van der Waals surface area (Å²) < 4.78 is 9.92. The quantitative estimate of drug-likeness (QED) is 0.00673. The number of unbranched alkanes of at least 4 members (excludes halogenated alkanes) is 16. The lowest BCUT2D eigenvalue weighted by molar-refractivity contribution is -0.128. The number of isocyanates is 1. The number of amides is 10. The molecule has 3 atom stereocenters. The summed E-state index contributed by atoms with van der Waals surface area (Å²) >= 11 is 2.15. The average Bonchev–Trinajstić information content (AvgIpc) is 2.61.